The Morgan fingerprint density at radius 2 is 1.93 bits per heavy atom. The number of piperidine rings is 1. The molecule has 0 aromatic heterocycles. The molecule has 1 aliphatic rings. The van der Waals surface area contributed by atoms with E-state index in [0.29, 0.717) is 31.6 Å². The minimum absolute atomic E-state index is 0.137. The topological polar surface area (TPSA) is 50.8 Å². The first-order valence-corrected chi connectivity index (χ1v) is 10.5. The minimum atomic E-state index is -0.659. The highest BCUT2D eigenvalue weighted by Crippen LogP contribution is 2.35. The van der Waals surface area contributed by atoms with Crippen LogP contribution in [0.25, 0.3) is 0 Å². The largest absolute Gasteiger partial charge is 0.496 e. The van der Waals surface area contributed by atoms with E-state index in [2.05, 4.69) is 22.3 Å². The minimum Gasteiger partial charge on any atom is -0.496 e. The molecule has 30 heavy (non-hydrogen) atoms. The Morgan fingerprint density at radius 1 is 1.20 bits per heavy atom. The average Bonchev–Trinajstić information content (AvgIpc) is 2.74. The van der Waals surface area contributed by atoms with E-state index < -0.39 is 5.54 Å². The van der Waals surface area contributed by atoms with E-state index in [1.165, 1.54) is 18.6 Å². The second-order valence-corrected chi connectivity index (χ2v) is 7.80. The number of halogens is 1. The number of rotatable bonds is 8. The molecule has 1 N–H and O–H groups in total. The average molecular weight is 415 g/mol. The van der Waals surface area contributed by atoms with Crippen LogP contribution < -0.4 is 10.1 Å². The van der Waals surface area contributed by atoms with E-state index in [1.807, 2.05) is 19.1 Å². The zero-order valence-electron chi connectivity index (χ0n) is 18.0. The smallest absolute Gasteiger partial charge is 0.217 e. The van der Waals surface area contributed by atoms with Crippen molar-refractivity contribution in [1.82, 2.24) is 10.2 Å². The molecule has 0 saturated carbocycles. The number of benzene rings is 2. The number of nitrogens with zero attached hydrogens (tertiary/aromatic N) is 1. The predicted octanol–water partition coefficient (Wildman–Crippen LogP) is 4.00. The number of carbonyl (C=O) groups excluding carboxylic acids is 1. The molecule has 1 saturated heterocycles. The molecule has 162 valence electrons. The Kier molecular flexibility index (Phi) is 7.45. The molecule has 0 spiro atoms. The van der Waals surface area contributed by atoms with Crippen molar-refractivity contribution in [3.63, 3.8) is 0 Å². The van der Waals surface area contributed by atoms with Crippen molar-refractivity contribution < 1.29 is 18.7 Å². The van der Waals surface area contributed by atoms with Gasteiger partial charge in [-0.1, -0.05) is 24.3 Å². The lowest BCUT2D eigenvalue weighted by molar-refractivity contribution is -0.121. The number of carbonyl (C=O) groups is 1. The van der Waals surface area contributed by atoms with E-state index in [1.54, 1.807) is 19.2 Å². The van der Waals surface area contributed by atoms with Gasteiger partial charge in [-0.2, -0.15) is 0 Å². The zero-order chi connectivity index (χ0) is 21.6. The van der Waals surface area contributed by atoms with Crippen LogP contribution in [-0.2, 0) is 28.2 Å². The van der Waals surface area contributed by atoms with Gasteiger partial charge in [-0.25, -0.2) is 4.39 Å². The summed E-state index contributed by atoms with van der Waals surface area (Å²) in [7, 11) is 1.67. The van der Waals surface area contributed by atoms with Gasteiger partial charge >= 0.3 is 0 Å². The number of methoxy groups -OCH3 is 1. The van der Waals surface area contributed by atoms with Gasteiger partial charge in [0.2, 0.25) is 5.91 Å². The summed E-state index contributed by atoms with van der Waals surface area (Å²) in [6, 6.07) is 12.9. The first-order valence-electron chi connectivity index (χ1n) is 10.5. The normalized spacial score (nSPS) is 16.3. The summed E-state index contributed by atoms with van der Waals surface area (Å²) in [5.74, 6) is 0.424. The summed E-state index contributed by atoms with van der Waals surface area (Å²) in [4.78, 5) is 14.2. The standard InChI is InChI=1S/C24H31FN2O3/c1-4-30-17-20-15-19(9-10-23(20)29-3)16-27-13-11-24(12-14-27,26-18(2)28)21-7-5-6-8-22(21)25/h5-10,15H,4,11-14,16-17H2,1-3H3,(H,26,28). The molecule has 1 aliphatic heterocycles. The lowest BCUT2D eigenvalue weighted by Gasteiger charge is -2.42. The third-order valence-corrected chi connectivity index (χ3v) is 5.73. The van der Waals surface area contributed by atoms with Gasteiger partial charge in [0.15, 0.2) is 0 Å². The van der Waals surface area contributed by atoms with Crippen LogP contribution in [0.4, 0.5) is 4.39 Å². The molecule has 1 fully saturated rings. The molecule has 1 heterocycles. The molecule has 6 heteroatoms. The van der Waals surface area contributed by atoms with Gasteiger partial charge in [-0.05, 0) is 43.5 Å². The van der Waals surface area contributed by atoms with Gasteiger partial charge in [0.05, 0.1) is 19.3 Å². The van der Waals surface area contributed by atoms with E-state index in [-0.39, 0.29) is 11.7 Å². The van der Waals surface area contributed by atoms with Crippen LogP contribution in [0.15, 0.2) is 42.5 Å². The maximum atomic E-state index is 14.5. The summed E-state index contributed by atoms with van der Waals surface area (Å²) in [6.45, 7) is 6.96. The van der Waals surface area contributed by atoms with Crippen molar-refractivity contribution in [3.05, 3.63) is 65.0 Å². The van der Waals surface area contributed by atoms with Crippen molar-refractivity contribution >= 4 is 5.91 Å². The van der Waals surface area contributed by atoms with Crippen LogP contribution in [-0.4, -0.2) is 37.6 Å². The van der Waals surface area contributed by atoms with Crippen molar-refractivity contribution in [2.45, 2.75) is 45.4 Å². The van der Waals surface area contributed by atoms with Gasteiger partial charge < -0.3 is 14.8 Å². The van der Waals surface area contributed by atoms with Crippen LogP contribution in [0.2, 0.25) is 0 Å². The molecule has 0 radical (unpaired) electrons. The SMILES string of the molecule is CCOCc1cc(CN2CCC(NC(C)=O)(c3ccccc3F)CC2)ccc1OC. The number of ether oxygens (including phenoxy) is 2. The van der Waals surface area contributed by atoms with Crippen molar-refractivity contribution in [2.75, 3.05) is 26.8 Å². The molecule has 2 aromatic rings. The highest BCUT2D eigenvalue weighted by molar-refractivity contribution is 5.74. The molecular weight excluding hydrogens is 383 g/mol. The Labute approximate surface area is 178 Å². The van der Waals surface area contributed by atoms with Gasteiger partial charge in [0, 0.05) is 44.3 Å². The molecule has 0 atom stereocenters. The van der Waals surface area contributed by atoms with E-state index in [9.17, 15) is 9.18 Å². The van der Waals surface area contributed by atoms with Crippen LogP contribution in [0.3, 0.4) is 0 Å². The fourth-order valence-corrected chi connectivity index (χ4v) is 4.25. The number of hydrogen-bond donors (Lipinski definition) is 1. The summed E-state index contributed by atoms with van der Waals surface area (Å²) in [6.07, 6.45) is 1.32. The lowest BCUT2D eigenvalue weighted by atomic mass is 9.80. The molecule has 2 aromatic carbocycles. The highest BCUT2D eigenvalue weighted by atomic mass is 19.1. The van der Waals surface area contributed by atoms with Crippen LogP contribution in [0.5, 0.6) is 5.75 Å². The van der Waals surface area contributed by atoms with Crippen LogP contribution in [0.1, 0.15) is 43.4 Å². The Morgan fingerprint density at radius 3 is 2.57 bits per heavy atom. The Bertz CT molecular complexity index is 863. The molecule has 0 aliphatic carbocycles. The summed E-state index contributed by atoms with van der Waals surface area (Å²) >= 11 is 0. The molecule has 1 amide bonds. The number of likely N-dealkylation sites (tertiary alicyclic amines) is 1. The second kappa shape index (κ2) is 10.0. The molecular formula is C24H31FN2O3. The summed E-state index contributed by atoms with van der Waals surface area (Å²) in [5.41, 5.74) is 2.13. The Balaban J connectivity index is 1.72. The fraction of sp³-hybridized carbons (Fsp3) is 0.458. The van der Waals surface area contributed by atoms with Crippen molar-refractivity contribution in [1.29, 1.82) is 0 Å². The number of amides is 1. The number of hydrogen-bond acceptors (Lipinski definition) is 4. The molecule has 0 bridgehead atoms. The quantitative estimate of drug-likeness (QED) is 0.710. The molecule has 5 nitrogen and oxygen atoms in total. The molecule has 3 rings (SSSR count). The van der Waals surface area contributed by atoms with Gasteiger partial charge in [0.1, 0.15) is 11.6 Å². The van der Waals surface area contributed by atoms with Crippen LogP contribution in [0, 0.1) is 5.82 Å². The first-order chi connectivity index (χ1) is 14.5. The van der Waals surface area contributed by atoms with E-state index in [0.717, 1.165) is 30.9 Å². The van der Waals surface area contributed by atoms with Gasteiger partial charge in [-0.3, -0.25) is 9.69 Å². The third kappa shape index (κ3) is 5.18. The predicted molar refractivity (Wildman–Crippen MR) is 115 cm³/mol. The van der Waals surface area contributed by atoms with E-state index in [4.69, 9.17) is 9.47 Å². The van der Waals surface area contributed by atoms with Gasteiger partial charge in [0.25, 0.3) is 0 Å². The maximum absolute atomic E-state index is 14.5. The van der Waals surface area contributed by atoms with Crippen molar-refractivity contribution in [3.8, 4) is 5.75 Å². The highest BCUT2D eigenvalue weighted by Gasteiger charge is 2.38. The zero-order valence-corrected chi connectivity index (χ0v) is 18.0. The third-order valence-electron chi connectivity index (χ3n) is 5.73. The van der Waals surface area contributed by atoms with Crippen LogP contribution >= 0.6 is 0 Å². The monoisotopic (exact) mass is 414 g/mol. The molecule has 0 unspecified atom stereocenters. The lowest BCUT2D eigenvalue weighted by Crippen LogP contribution is -2.52. The first kappa shape index (κ1) is 22.2. The van der Waals surface area contributed by atoms with Crippen molar-refractivity contribution in [2.24, 2.45) is 0 Å². The summed E-state index contributed by atoms with van der Waals surface area (Å²) < 4.78 is 25.5. The summed E-state index contributed by atoms with van der Waals surface area (Å²) in [5, 5.41) is 3.05. The second-order valence-electron chi connectivity index (χ2n) is 7.80. The fourth-order valence-electron chi connectivity index (χ4n) is 4.25. The van der Waals surface area contributed by atoms with E-state index >= 15 is 0 Å². The number of nitrogens with one attached hydrogen (secondary N) is 1. The Hall–Kier alpha value is -2.44. The maximum Gasteiger partial charge on any atom is 0.217 e. The van der Waals surface area contributed by atoms with Gasteiger partial charge in [-0.15, -0.1) is 0 Å².